The van der Waals surface area contributed by atoms with Crippen LogP contribution in [0.5, 0.6) is 0 Å². The van der Waals surface area contributed by atoms with E-state index < -0.39 is 9.84 Å². The van der Waals surface area contributed by atoms with E-state index in [-0.39, 0.29) is 11.4 Å². The van der Waals surface area contributed by atoms with Crippen LogP contribution < -0.4 is 5.73 Å². The van der Waals surface area contributed by atoms with E-state index in [0.717, 1.165) is 0 Å². The van der Waals surface area contributed by atoms with Crippen LogP contribution in [-0.4, -0.2) is 21.2 Å². The van der Waals surface area contributed by atoms with Crippen molar-refractivity contribution < 1.29 is 8.42 Å². The highest BCUT2D eigenvalue weighted by Crippen LogP contribution is 2.21. The zero-order valence-corrected chi connectivity index (χ0v) is 8.84. The molecule has 0 spiro atoms. The van der Waals surface area contributed by atoms with E-state index >= 15 is 0 Å². The predicted molar refractivity (Wildman–Crippen MR) is 57.6 cm³/mol. The first kappa shape index (κ1) is 10.9. The molecule has 0 aliphatic carbocycles. The highest BCUT2D eigenvalue weighted by atomic mass is 32.2. The lowest BCUT2D eigenvalue weighted by atomic mass is 10.1. The summed E-state index contributed by atoms with van der Waals surface area (Å²) in [6.07, 6.45) is 1.18. The zero-order chi connectivity index (χ0) is 10.8. The van der Waals surface area contributed by atoms with Gasteiger partial charge in [-0.05, 0) is 17.2 Å². The van der Waals surface area contributed by atoms with Crippen molar-refractivity contribution in [1.29, 1.82) is 0 Å². The Morgan fingerprint density at radius 3 is 2.50 bits per heavy atom. The number of nitrogens with two attached hydrogens (primary N) is 1. The minimum Gasteiger partial charge on any atom is -0.326 e. The summed E-state index contributed by atoms with van der Waals surface area (Å²) in [6.45, 7) is 3.98. The summed E-state index contributed by atoms with van der Waals surface area (Å²) in [4.78, 5) is 0.287. The normalized spacial score (nSPS) is 11.3. The lowest BCUT2D eigenvalue weighted by molar-refractivity contribution is 0.601. The Morgan fingerprint density at radius 1 is 1.43 bits per heavy atom. The Hall–Kier alpha value is -1.13. The Bertz CT molecular complexity index is 449. The lowest BCUT2D eigenvalue weighted by Crippen LogP contribution is -2.06. The molecule has 2 N–H and O–H groups in total. The quantitative estimate of drug-likeness (QED) is 0.813. The maximum absolute atomic E-state index is 11.4. The van der Waals surface area contributed by atoms with Crippen molar-refractivity contribution >= 4 is 15.4 Å². The number of hydrogen-bond acceptors (Lipinski definition) is 3. The van der Waals surface area contributed by atoms with Gasteiger partial charge in [0, 0.05) is 12.8 Å². The van der Waals surface area contributed by atoms with E-state index in [0.29, 0.717) is 11.1 Å². The summed E-state index contributed by atoms with van der Waals surface area (Å²) in [5.41, 5.74) is 6.66. The highest BCUT2D eigenvalue weighted by Gasteiger charge is 2.13. The fraction of sp³-hybridized carbons (Fsp3) is 0.200. The van der Waals surface area contributed by atoms with Crippen LogP contribution in [0.4, 0.5) is 0 Å². The fourth-order valence-corrected chi connectivity index (χ4v) is 2.13. The minimum absolute atomic E-state index is 0.256. The maximum Gasteiger partial charge on any atom is 0.176 e. The van der Waals surface area contributed by atoms with Gasteiger partial charge in [-0.1, -0.05) is 24.8 Å². The molecule has 14 heavy (non-hydrogen) atoms. The molecular formula is C10H13NO2S. The first-order chi connectivity index (χ1) is 6.46. The van der Waals surface area contributed by atoms with Gasteiger partial charge in [-0.15, -0.1) is 0 Å². The Labute approximate surface area is 84.2 Å². The van der Waals surface area contributed by atoms with Crippen LogP contribution in [0.3, 0.4) is 0 Å². The molecule has 0 heterocycles. The average molecular weight is 211 g/mol. The van der Waals surface area contributed by atoms with E-state index in [1.165, 1.54) is 6.26 Å². The Kier molecular flexibility index (Phi) is 3.08. The van der Waals surface area contributed by atoms with Crippen LogP contribution >= 0.6 is 0 Å². The lowest BCUT2D eigenvalue weighted by Gasteiger charge is -2.08. The van der Waals surface area contributed by atoms with Crippen molar-refractivity contribution in [2.75, 3.05) is 12.8 Å². The van der Waals surface area contributed by atoms with E-state index in [4.69, 9.17) is 5.73 Å². The van der Waals surface area contributed by atoms with Gasteiger partial charge in [0.25, 0.3) is 0 Å². The van der Waals surface area contributed by atoms with Crippen LogP contribution in [0.1, 0.15) is 5.56 Å². The SMILES string of the molecule is C=C(CN)c1ccccc1S(C)(=O)=O. The molecule has 0 aromatic heterocycles. The third kappa shape index (κ3) is 2.21. The second kappa shape index (κ2) is 3.94. The highest BCUT2D eigenvalue weighted by molar-refractivity contribution is 7.90. The molecule has 1 aromatic rings. The summed E-state index contributed by atoms with van der Waals surface area (Å²) in [6, 6.07) is 6.73. The molecule has 1 aromatic carbocycles. The van der Waals surface area contributed by atoms with Crippen LogP contribution in [0.25, 0.3) is 5.57 Å². The largest absolute Gasteiger partial charge is 0.326 e. The smallest absolute Gasteiger partial charge is 0.176 e. The summed E-state index contributed by atoms with van der Waals surface area (Å²) in [5, 5.41) is 0. The maximum atomic E-state index is 11.4. The molecule has 3 nitrogen and oxygen atoms in total. The topological polar surface area (TPSA) is 60.2 Å². The third-order valence-corrected chi connectivity index (χ3v) is 3.07. The molecule has 0 amide bonds. The summed E-state index contributed by atoms with van der Waals surface area (Å²) in [7, 11) is -3.20. The number of sulfone groups is 1. The molecule has 0 saturated carbocycles. The van der Waals surface area contributed by atoms with Gasteiger partial charge in [-0.25, -0.2) is 8.42 Å². The first-order valence-corrected chi connectivity index (χ1v) is 6.03. The molecule has 1 rings (SSSR count). The van der Waals surface area contributed by atoms with Gasteiger partial charge in [0.1, 0.15) is 0 Å². The van der Waals surface area contributed by atoms with Crippen LogP contribution in [-0.2, 0) is 9.84 Å². The van der Waals surface area contributed by atoms with E-state index in [1.807, 2.05) is 0 Å². The molecule has 0 fully saturated rings. The fourth-order valence-electron chi connectivity index (χ4n) is 1.19. The number of hydrogen-bond donors (Lipinski definition) is 1. The molecule has 4 heteroatoms. The molecule has 0 saturated heterocycles. The molecular weight excluding hydrogens is 198 g/mol. The van der Waals surface area contributed by atoms with Crippen LogP contribution in [0.15, 0.2) is 35.7 Å². The van der Waals surface area contributed by atoms with Crippen molar-refractivity contribution in [1.82, 2.24) is 0 Å². The van der Waals surface area contributed by atoms with Crippen LogP contribution in [0.2, 0.25) is 0 Å². The zero-order valence-electron chi connectivity index (χ0n) is 8.03. The summed E-state index contributed by atoms with van der Waals surface area (Å²) < 4.78 is 22.8. The van der Waals surface area contributed by atoms with Gasteiger partial charge >= 0.3 is 0 Å². The molecule has 0 unspecified atom stereocenters. The minimum atomic E-state index is -3.20. The van der Waals surface area contributed by atoms with Gasteiger partial charge in [0.05, 0.1) is 4.90 Å². The van der Waals surface area contributed by atoms with Crippen molar-refractivity contribution in [3.8, 4) is 0 Å². The number of benzene rings is 1. The number of rotatable bonds is 3. The van der Waals surface area contributed by atoms with Gasteiger partial charge in [0.2, 0.25) is 0 Å². The van der Waals surface area contributed by atoms with E-state index in [9.17, 15) is 8.42 Å². The Balaban J connectivity index is 3.38. The van der Waals surface area contributed by atoms with E-state index in [2.05, 4.69) is 6.58 Å². The molecule has 0 bridgehead atoms. The molecule has 0 atom stereocenters. The third-order valence-electron chi connectivity index (χ3n) is 1.91. The monoisotopic (exact) mass is 211 g/mol. The Morgan fingerprint density at radius 2 is 2.00 bits per heavy atom. The van der Waals surface area contributed by atoms with Gasteiger partial charge < -0.3 is 5.73 Å². The second-order valence-corrected chi connectivity index (χ2v) is 5.06. The second-order valence-electron chi connectivity index (χ2n) is 3.08. The van der Waals surface area contributed by atoms with Gasteiger partial charge in [-0.2, -0.15) is 0 Å². The molecule has 76 valence electrons. The van der Waals surface area contributed by atoms with Gasteiger partial charge in [0.15, 0.2) is 9.84 Å². The van der Waals surface area contributed by atoms with Crippen molar-refractivity contribution in [3.05, 3.63) is 36.4 Å². The van der Waals surface area contributed by atoms with Crippen molar-refractivity contribution in [3.63, 3.8) is 0 Å². The van der Waals surface area contributed by atoms with Gasteiger partial charge in [-0.3, -0.25) is 0 Å². The van der Waals surface area contributed by atoms with Crippen molar-refractivity contribution in [2.45, 2.75) is 4.90 Å². The van der Waals surface area contributed by atoms with Crippen LogP contribution in [0, 0.1) is 0 Å². The summed E-state index contributed by atoms with van der Waals surface area (Å²) in [5.74, 6) is 0. The standard InChI is InChI=1S/C10H13NO2S/c1-8(7-11)9-5-3-4-6-10(9)14(2,12)13/h3-6H,1,7,11H2,2H3. The van der Waals surface area contributed by atoms with Crippen molar-refractivity contribution in [2.24, 2.45) is 5.73 Å². The average Bonchev–Trinajstić information content (AvgIpc) is 2.15. The molecule has 0 radical (unpaired) electrons. The first-order valence-electron chi connectivity index (χ1n) is 4.14. The summed E-state index contributed by atoms with van der Waals surface area (Å²) >= 11 is 0. The van der Waals surface area contributed by atoms with E-state index in [1.54, 1.807) is 24.3 Å². The molecule has 0 aliphatic heterocycles. The molecule has 0 aliphatic rings. The predicted octanol–water partition coefficient (Wildman–Crippen LogP) is 1.06.